The van der Waals surface area contributed by atoms with Crippen molar-refractivity contribution in [2.45, 2.75) is 45.7 Å². The predicted octanol–water partition coefficient (Wildman–Crippen LogP) is 4.99. The molecule has 5 aromatic rings. The zero-order valence-corrected chi connectivity index (χ0v) is 21.5. The Morgan fingerprint density at radius 2 is 1.86 bits per heavy atom. The summed E-state index contributed by atoms with van der Waals surface area (Å²) in [6.07, 6.45) is 5.40. The molecule has 2 aromatic carbocycles. The first-order valence-electron chi connectivity index (χ1n) is 13.1. The molecule has 0 unspecified atom stereocenters. The molecule has 1 aliphatic heterocycles. The number of anilines is 2. The number of hydrogen-bond donors (Lipinski definition) is 2. The van der Waals surface area contributed by atoms with E-state index in [-0.39, 0.29) is 0 Å². The number of H-pyrrole nitrogens is 1. The van der Waals surface area contributed by atoms with Crippen LogP contribution in [0.4, 0.5) is 11.6 Å². The van der Waals surface area contributed by atoms with Crippen LogP contribution in [0, 0.1) is 6.92 Å². The van der Waals surface area contributed by atoms with Crippen LogP contribution in [0.5, 0.6) is 0 Å². The molecule has 1 saturated carbocycles. The standard InChI is InChI=1S/C28H31N9/c1-4-36-14-13-24-17(2)26(33-37(24)16-36)19-7-9-20(10-8-19)27-31-28(35(3)34-27)30-23-12-11-22-21(15-29-32-22)25(23)18-5-6-18/h7-12,15,18H,4-6,13-14,16H2,1-3H3,(H,29,32)(H,30,31,34). The van der Waals surface area contributed by atoms with Gasteiger partial charge in [0.25, 0.3) is 0 Å². The highest BCUT2D eigenvalue weighted by Gasteiger charge is 2.29. The molecular weight excluding hydrogens is 462 g/mol. The Bertz CT molecular complexity index is 1600. The zero-order chi connectivity index (χ0) is 25.1. The molecule has 0 spiro atoms. The van der Waals surface area contributed by atoms with Gasteiger partial charge in [-0.2, -0.15) is 15.2 Å². The molecule has 2 aliphatic rings. The van der Waals surface area contributed by atoms with Crippen molar-refractivity contribution in [2.75, 3.05) is 18.4 Å². The number of nitrogens with one attached hydrogen (secondary N) is 2. The van der Waals surface area contributed by atoms with Crippen LogP contribution in [0.3, 0.4) is 0 Å². The summed E-state index contributed by atoms with van der Waals surface area (Å²) in [6.45, 7) is 7.42. The summed E-state index contributed by atoms with van der Waals surface area (Å²) in [5.74, 6) is 2.00. The minimum Gasteiger partial charge on any atom is -0.324 e. The van der Waals surface area contributed by atoms with Crippen LogP contribution in [-0.4, -0.2) is 52.7 Å². The average molecular weight is 494 g/mol. The van der Waals surface area contributed by atoms with E-state index in [9.17, 15) is 0 Å². The smallest absolute Gasteiger partial charge is 0.225 e. The molecule has 4 heterocycles. The van der Waals surface area contributed by atoms with Gasteiger partial charge in [0, 0.05) is 47.9 Å². The molecule has 9 nitrogen and oxygen atoms in total. The molecule has 37 heavy (non-hydrogen) atoms. The fourth-order valence-corrected chi connectivity index (χ4v) is 5.55. The molecule has 1 aliphatic carbocycles. The van der Waals surface area contributed by atoms with Crippen molar-refractivity contribution in [1.82, 2.24) is 39.6 Å². The van der Waals surface area contributed by atoms with E-state index in [0.29, 0.717) is 11.7 Å². The van der Waals surface area contributed by atoms with Crippen LogP contribution in [0.2, 0.25) is 0 Å². The first-order chi connectivity index (χ1) is 18.1. The number of aromatic nitrogens is 7. The average Bonchev–Trinajstić information content (AvgIpc) is 3.38. The van der Waals surface area contributed by atoms with Gasteiger partial charge in [-0.15, -0.1) is 5.10 Å². The Hall–Kier alpha value is -3.98. The SMILES string of the molecule is CCN1CCc2c(C)c(-c3ccc(-c4nc(Nc5ccc6[nH]ncc6c5C5CC5)n(C)n4)cc3)nn2C1. The van der Waals surface area contributed by atoms with Gasteiger partial charge in [0.2, 0.25) is 5.95 Å². The van der Waals surface area contributed by atoms with Gasteiger partial charge >= 0.3 is 0 Å². The number of aryl methyl sites for hydroxylation is 1. The quantitative estimate of drug-likeness (QED) is 0.346. The third-order valence-corrected chi connectivity index (χ3v) is 7.84. The minimum atomic E-state index is 0.575. The van der Waals surface area contributed by atoms with E-state index in [1.165, 1.54) is 35.0 Å². The van der Waals surface area contributed by atoms with Crippen molar-refractivity contribution >= 4 is 22.5 Å². The lowest BCUT2D eigenvalue weighted by Crippen LogP contribution is -2.34. The van der Waals surface area contributed by atoms with Crippen LogP contribution < -0.4 is 5.32 Å². The lowest BCUT2D eigenvalue weighted by molar-refractivity contribution is 0.191. The molecule has 7 rings (SSSR count). The van der Waals surface area contributed by atoms with Crippen molar-refractivity contribution in [2.24, 2.45) is 7.05 Å². The van der Waals surface area contributed by atoms with Gasteiger partial charge in [-0.25, -0.2) is 4.68 Å². The molecular formula is C28H31N9. The summed E-state index contributed by atoms with van der Waals surface area (Å²) in [4.78, 5) is 7.27. The third kappa shape index (κ3) is 3.81. The normalized spacial score (nSPS) is 15.9. The highest BCUT2D eigenvalue weighted by Crippen LogP contribution is 2.47. The summed E-state index contributed by atoms with van der Waals surface area (Å²) < 4.78 is 3.98. The minimum absolute atomic E-state index is 0.575. The van der Waals surface area contributed by atoms with Gasteiger partial charge in [0.05, 0.1) is 24.1 Å². The maximum absolute atomic E-state index is 4.95. The van der Waals surface area contributed by atoms with Gasteiger partial charge in [0.15, 0.2) is 5.82 Å². The monoisotopic (exact) mass is 493 g/mol. The lowest BCUT2D eigenvalue weighted by atomic mass is 10.0. The third-order valence-electron chi connectivity index (χ3n) is 7.84. The zero-order valence-electron chi connectivity index (χ0n) is 21.5. The Balaban J connectivity index is 1.16. The molecule has 3 aromatic heterocycles. The molecule has 0 radical (unpaired) electrons. The molecule has 0 amide bonds. The number of nitrogens with zero attached hydrogens (tertiary/aromatic N) is 7. The van der Waals surface area contributed by atoms with Crippen LogP contribution in [0.25, 0.3) is 33.5 Å². The second-order valence-electron chi connectivity index (χ2n) is 10.2. The number of likely N-dealkylation sites (N-methyl/N-ethyl adjacent to an activating group) is 1. The van der Waals surface area contributed by atoms with Crippen LogP contribution >= 0.6 is 0 Å². The van der Waals surface area contributed by atoms with E-state index in [1.54, 1.807) is 0 Å². The largest absolute Gasteiger partial charge is 0.324 e. The number of benzene rings is 2. The summed E-state index contributed by atoms with van der Waals surface area (Å²) in [5, 5.41) is 21.7. The summed E-state index contributed by atoms with van der Waals surface area (Å²) in [7, 11) is 1.93. The molecule has 0 saturated heterocycles. The van der Waals surface area contributed by atoms with Gasteiger partial charge < -0.3 is 5.32 Å². The van der Waals surface area contributed by atoms with E-state index in [0.717, 1.165) is 60.2 Å². The van der Waals surface area contributed by atoms with Crippen LogP contribution in [0.15, 0.2) is 42.6 Å². The summed E-state index contributed by atoms with van der Waals surface area (Å²) in [6, 6.07) is 12.6. The first-order valence-corrected chi connectivity index (χ1v) is 13.1. The fraction of sp³-hybridized carbons (Fsp3) is 0.357. The van der Waals surface area contributed by atoms with Gasteiger partial charge in [-0.1, -0.05) is 31.2 Å². The Kier molecular flexibility index (Phi) is 5.14. The van der Waals surface area contributed by atoms with E-state index in [2.05, 4.69) is 75.3 Å². The lowest BCUT2D eigenvalue weighted by Gasteiger charge is -2.26. The Morgan fingerprint density at radius 3 is 2.65 bits per heavy atom. The van der Waals surface area contributed by atoms with Gasteiger partial charge in [-0.3, -0.25) is 14.7 Å². The number of rotatable bonds is 6. The van der Waals surface area contributed by atoms with Crippen LogP contribution in [-0.2, 0) is 20.1 Å². The second kappa shape index (κ2) is 8.55. The molecule has 0 atom stereocenters. The highest BCUT2D eigenvalue weighted by molar-refractivity contribution is 5.89. The maximum Gasteiger partial charge on any atom is 0.225 e. The summed E-state index contributed by atoms with van der Waals surface area (Å²) in [5.41, 5.74) is 9.29. The molecule has 9 heteroatoms. The van der Waals surface area contributed by atoms with Crippen molar-refractivity contribution in [1.29, 1.82) is 0 Å². The molecule has 188 valence electrons. The van der Waals surface area contributed by atoms with Crippen molar-refractivity contribution in [3.8, 4) is 22.6 Å². The highest BCUT2D eigenvalue weighted by atomic mass is 15.4. The van der Waals surface area contributed by atoms with Gasteiger partial charge in [-0.05, 0) is 55.5 Å². The fourth-order valence-electron chi connectivity index (χ4n) is 5.55. The van der Waals surface area contributed by atoms with Crippen molar-refractivity contribution in [3.63, 3.8) is 0 Å². The van der Waals surface area contributed by atoms with E-state index in [4.69, 9.17) is 15.2 Å². The van der Waals surface area contributed by atoms with Crippen molar-refractivity contribution in [3.05, 3.63) is 59.4 Å². The molecule has 1 fully saturated rings. The molecule has 0 bridgehead atoms. The van der Waals surface area contributed by atoms with Crippen LogP contribution in [0.1, 0.15) is 42.5 Å². The first kappa shape index (κ1) is 22.2. The Labute approximate surface area is 215 Å². The second-order valence-corrected chi connectivity index (χ2v) is 10.2. The van der Waals surface area contributed by atoms with Crippen molar-refractivity contribution < 1.29 is 0 Å². The number of hydrogen-bond acceptors (Lipinski definition) is 6. The topological polar surface area (TPSA) is 92.5 Å². The van der Waals surface area contributed by atoms with Gasteiger partial charge in [0.1, 0.15) is 0 Å². The maximum atomic E-state index is 4.95. The Morgan fingerprint density at radius 1 is 1.05 bits per heavy atom. The number of aromatic amines is 1. The molecule has 2 N–H and O–H groups in total. The predicted molar refractivity (Wildman–Crippen MR) is 145 cm³/mol. The number of fused-ring (bicyclic) bond motifs is 2. The van der Waals surface area contributed by atoms with E-state index < -0.39 is 0 Å². The summed E-state index contributed by atoms with van der Waals surface area (Å²) >= 11 is 0. The van der Waals surface area contributed by atoms with E-state index >= 15 is 0 Å². The van der Waals surface area contributed by atoms with E-state index in [1.807, 2.05) is 17.9 Å².